The van der Waals surface area contributed by atoms with Crippen LogP contribution in [0.5, 0.6) is 5.88 Å². The summed E-state index contributed by atoms with van der Waals surface area (Å²) < 4.78 is 41.8. The molecule has 0 spiro atoms. The van der Waals surface area contributed by atoms with E-state index in [2.05, 4.69) is 9.72 Å². The Hall–Kier alpha value is -3.88. The monoisotopic (exact) mass is 483 g/mol. The van der Waals surface area contributed by atoms with Gasteiger partial charge in [0, 0.05) is 36.6 Å². The van der Waals surface area contributed by atoms with Gasteiger partial charge in [-0.2, -0.15) is 13.2 Å². The zero-order valence-corrected chi connectivity index (χ0v) is 19.2. The third-order valence-electron chi connectivity index (χ3n) is 5.83. The lowest BCUT2D eigenvalue weighted by atomic mass is 9.89. The minimum absolute atomic E-state index is 0.110. The molecule has 0 N–H and O–H groups in total. The van der Waals surface area contributed by atoms with Crippen molar-refractivity contribution in [3.63, 3.8) is 0 Å². The van der Waals surface area contributed by atoms with Crippen LogP contribution in [0.25, 0.3) is 0 Å². The molecule has 0 unspecified atom stereocenters. The first kappa shape index (κ1) is 24.3. The lowest BCUT2D eigenvalue weighted by Crippen LogP contribution is -2.47. The lowest BCUT2D eigenvalue weighted by molar-refractivity contribution is -0.154. The Morgan fingerprint density at radius 3 is 2.37 bits per heavy atom. The number of halogens is 3. The van der Waals surface area contributed by atoms with E-state index in [1.54, 1.807) is 9.80 Å². The Morgan fingerprint density at radius 1 is 1.06 bits per heavy atom. The van der Waals surface area contributed by atoms with Crippen LogP contribution in [-0.2, 0) is 4.79 Å². The van der Waals surface area contributed by atoms with Crippen LogP contribution < -0.4 is 14.5 Å². The summed E-state index contributed by atoms with van der Waals surface area (Å²) in [6.45, 7) is 1.96. The Balaban J connectivity index is 1.64. The van der Waals surface area contributed by atoms with Gasteiger partial charge in [-0.15, -0.1) is 0 Å². The SMILES string of the molecule is CC(=O)N(c1ccccc1)[C@H]1C[C@@H](C)N(C(=O)c2ccc(OCC(F)(F)F)nc2)c2ccccc21. The maximum absolute atomic E-state index is 13.5. The van der Waals surface area contributed by atoms with Gasteiger partial charge >= 0.3 is 6.18 Å². The molecule has 1 aromatic heterocycles. The molecule has 0 saturated heterocycles. The molecule has 0 bridgehead atoms. The molecule has 3 aromatic rings. The summed E-state index contributed by atoms with van der Waals surface area (Å²) in [7, 11) is 0. The van der Waals surface area contributed by atoms with Gasteiger partial charge in [0.15, 0.2) is 6.61 Å². The first-order chi connectivity index (χ1) is 16.7. The van der Waals surface area contributed by atoms with Gasteiger partial charge in [0.25, 0.3) is 5.91 Å². The van der Waals surface area contributed by atoms with Crippen LogP contribution in [0.2, 0.25) is 0 Å². The molecular weight excluding hydrogens is 459 g/mol. The maximum atomic E-state index is 13.5. The van der Waals surface area contributed by atoms with Crippen LogP contribution in [0, 0.1) is 0 Å². The highest BCUT2D eigenvalue weighted by Crippen LogP contribution is 2.42. The van der Waals surface area contributed by atoms with Crippen molar-refractivity contribution in [3.8, 4) is 5.88 Å². The molecule has 2 amide bonds. The third-order valence-corrected chi connectivity index (χ3v) is 5.83. The van der Waals surface area contributed by atoms with Crippen molar-refractivity contribution in [2.75, 3.05) is 16.4 Å². The van der Waals surface area contributed by atoms with Crippen molar-refractivity contribution in [2.45, 2.75) is 38.5 Å². The highest BCUT2D eigenvalue weighted by atomic mass is 19.4. The Labute approximate surface area is 200 Å². The molecule has 2 heterocycles. The van der Waals surface area contributed by atoms with Crippen molar-refractivity contribution in [1.82, 2.24) is 4.98 Å². The predicted molar refractivity (Wildman–Crippen MR) is 125 cm³/mol. The Morgan fingerprint density at radius 2 is 1.74 bits per heavy atom. The molecule has 4 rings (SSSR count). The number of fused-ring (bicyclic) bond motifs is 1. The molecule has 0 fully saturated rings. The number of anilines is 2. The maximum Gasteiger partial charge on any atom is 0.422 e. The lowest BCUT2D eigenvalue weighted by Gasteiger charge is -2.43. The molecule has 9 heteroatoms. The summed E-state index contributed by atoms with van der Waals surface area (Å²) >= 11 is 0. The van der Waals surface area contributed by atoms with Gasteiger partial charge in [-0.25, -0.2) is 4.98 Å². The number of para-hydroxylation sites is 2. The summed E-state index contributed by atoms with van der Waals surface area (Å²) in [5, 5.41) is 0. The number of benzene rings is 2. The number of hydrogen-bond acceptors (Lipinski definition) is 4. The standard InChI is InChI=1S/C26H24F3N3O3/c1-17-14-23(32(18(2)33)20-8-4-3-5-9-20)21-10-6-7-11-22(21)31(17)25(34)19-12-13-24(30-15-19)35-16-26(27,28)29/h3-13,15,17,23H,14,16H2,1-2H3/t17-,23+/m1/s1. The molecule has 1 aliphatic heterocycles. The van der Waals surface area contributed by atoms with E-state index in [4.69, 9.17) is 0 Å². The second kappa shape index (κ2) is 9.77. The van der Waals surface area contributed by atoms with Crippen LogP contribution in [0.15, 0.2) is 72.9 Å². The smallest absolute Gasteiger partial charge is 0.422 e. The topological polar surface area (TPSA) is 62.7 Å². The number of aromatic nitrogens is 1. The summed E-state index contributed by atoms with van der Waals surface area (Å²) in [4.78, 5) is 33.4. The first-order valence-corrected chi connectivity index (χ1v) is 11.1. The second-order valence-electron chi connectivity index (χ2n) is 8.35. The van der Waals surface area contributed by atoms with Crippen molar-refractivity contribution >= 4 is 23.2 Å². The fourth-order valence-electron chi connectivity index (χ4n) is 4.39. The zero-order chi connectivity index (χ0) is 25.2. The van der Waals surface area contributed by atoms with Crippen LogP contribution in [0.4, 0.5) is 24.5 Å². The van der Waals surface area contributed by atoms with Crippen LogP contribution >= 0.6 is 0 Å². The molecule has 35 heavy (non-hydrogen) atoms. The van der Waals surface area contributed by atoms with E-state index >= 15 is 0 Å². The third kappa shape index (κ3) is 5.29. The normalized spacial score (nSPS) is 17.5. The number of hydrogen-bond donors (Lipinski definition) is 0. The van der Waals surface area contributed by atoms with Crippen LogP contribution in [0.3, 0.4) is 0 Å². The van der Waals surface area contributed by atoms with Gasteiger partial charge in [-0.3, -0.25) is 9.59 Å². The number of ether oxygens (including phenoxy) is 1. The molecule has 1 aliphatic rings. The number of carbonyl (C=O) groups is 2. The number of carbonyl (C=O) groups excluding carboxylic acids is 2. The minimum atomic E-state index is -4.48. The molecule has 0 radical (unpaired) electrons. The summed E-state index contributed by atoms with van der Waals surface area (Å²) in [5.41, 5.74) is 2.48. The van der Waals surface area contributed by atoms with Crippen molar-refractivity contribution in [2.24, 2.45) is 0 Å². The van der Waals surface area contributed by atoms with Crippen LogP contribution in [0.1, 0.15) is 42.2 Å². The fourth-order valence-corrected chi connectivity index (χ4v) is 4.39. The van der Waals surface area contributed by atoms with E-state index in [9.17, 15) is 22.8 Å². The number of alkyl halides is 3. The van der Waals surface area contributed by atoms with E-state index in [1.807, 2.05) is 61.5 Å². The van der Waals surface area contributed by atoms with E-state index in [-0.39, 0.29) is 35.3 Å². The molecule has 0 saturated carbocycles. The minimum Gasteiger partial charge on any atom is -0.468 e. The highest BCUT2D eigenvalue weighted by Gasteiger charge is 2.38. The second-order valence-corrected chi connectivity index (χ2v) is 8.35. The molecule has 2 aromatic carbocycles. The van der Waals surface area contributed by atoms with Crippen molar-refractivity contribution < 1.29 is 27.5 Å². The molecule has 2 atom stereocenters. The van der Waals surface area contributed by atoms with E-state index in [1.165, 1.54) is 25.3 Å². The summed E-state index contributed by atoms with van der Waals surface area (Å²) in [6, 6.07) is 18.9. The van der Waals surface area contributed by atoms with Crippen molar-refractivity contribution in [1.29, 1.82) is 0 Å². The predicted octanol–water partition coefficient (Wildman–Crippen LogP) is 5.56. The van der Waals surface area contributed by atoms with Gasteiger partial charge in [-0.05, 0) is 43.2 Å². The first-order valence-electron chi connectivity index (χ1n) is 11.1. The van der Waals surface area contributed by atoms with E-state index in [0.29, 0.717) is 12.1 Å². The largest absolute Gasteiger partial charge is 0.468 e. The van der Waals surface area contributed by atoms with E-state index in [0.717, 1.165) is 11.3 Å². The van der Waals surface area contributed by atoms with Gasteiger partial charge in [0.05, 0.1) is 11.6 Å². The average molecular weight is 483 g/mol. The fraction of sp³-hybridized carbons (Fsp3) is 0.269. The molecule has 6 nitrogen and oxygen atoms in total. The quantitative estimate of drug-likeness (QED) is 0.477. The van der Waals surface area contributed by atoms with Gasteiger partial charge in [0.1, 0.15) is 0 Å². The molecule has 182 valence electrons. The molecular formula is C26H24F3N3O3. The zero-order valence-electron chi connectivity index (χ0n) is 19.2. The number of nitrogens with zero attached hydrogens (tertiary/aromatic N) is 3. The van der Waals surface area contributed by atoms with Crippen molar-refractivity contribution in [3.05, 3.63) is 84.1 Å². The summed E-state index contributed by atoms with van der Waals surface area (Å²) in [5.74, 6) is -0.667. The van der Waals surface area contributed by atoms with E-state index < -0.39 is 12.8 Å². The Bertz CT molecular complexity index is 1200. The number of rotatable bonds is 5. The van der Waals surface area contributed by atoms with Gasteiger partial charge in [-0.1, -0.05) is 36.4 Å². The average Bonchev–Trinajstić information content (AvgIpc) is 2.83. The number of pyridine rings is 1. The molecule has 0 aliphatic carbocycles. The Kier molecular flexibility index (Phi) is 6.77. The highest BCUT2D eigenvalue weighted by molar-refractivity contribution is 6.07. The number of amides is 2. The summed E-state index contributed by atoms with van der Waals surface area (Å²) in [6.07, 6.45) is -2.77. The van der Waals surface area contributed by atoms with Gasteiger partial charge < -0.3 is 14.5 Å². The van der Waals surface area contributed by atoms with Crippen LogP contribution in [-0.4, -0.2) is 35.6 Å². The van der Waals surface area contributed by atoms with Gasteiger partial charge in [0.2, 0.25) is 11.8 Å².